The lowest BCUT2D eigenvalue weighted by Crippen LogP contribution is -2.19. The molecule has 1 unspecified atom stereocenters. The summed E-state index contributed by atoms with van der Waals surface area (Å²) in [5.74, 6) is 0.833. The zero-order chi connectivity index (χ0) is 8.27. The first-order chi connectivity index (χ1) is 5.18. The maximum absolute atomic E-state index is 5.59. The number of hydrogen-bond acceptors (Lipinski definition) is 3. The summed E-state index contributed by atoms with van der Waals surface area (Å²) in [5.41, 5.74) is 6.59. The van der Waals surface area contributed by atoms with E-state index in [0.29, 0.717) is 0 Å². The zero-order valence-electron chi connectivity index (χ0n) is 6.91. The van der Waals surface area contributed by atoms with Crippen LogP contribution < -0.4 is 5.73 Å². The van der Waals surface area contributed by atoms with Gasteiger partial charge in [0, 0.05) is 24.4 Å². The Balaban J connectivity index is 2.71. The van der Waals surface area contributed by atoms with Crippen LogP contribution in [0.4, 0.5) is 0 Å². The van der Waals surface area contributed by atoms with Crippen molar-refractivity contribution in [3.05, 3.63) is 23.8 Å². The zero-order valence-corrected chi connectivity index (χ0v) is 6.91. The standard InChI is InChI=1S/C8H13N3/c1-6(9)5-8-10-4-3-7(2)11-8/h3-4,6H,5,9H2,1-2H3. The van der Waals surface area contributed by atoms with Gasteiger partial charge in [-0.15, -0.1) is 0 Å². The van der Waals surface area contributed by atoms with Gasteiger partial charge in [-0.25, -0.2) is 9.97 Å². The molecule has 3 heteroatoms. The molecule has 0 amide bonds. The Morgan fingerprint density at radius 3 is 2.91 bits per heavy atom. The first kappa shape index (κ1) is 8.14. The molecule has 0 saturated carbocycles. The number of nitrogens with two attached hydrogens (primary N) is 1. The summed E-state index contributed by atoms with van der Waals surface area (Å²) in [6.07, 6.45) is 2.52. The highest BCUT2D eigenvalue weighted by Crippen LogP contribution is 1.95. The van der Waals surface area contributed by atoms with Crippen molar-refractivity contribution < 1.29 is 0 Å². The Bertz CT molecular complexity index is 233. The van der Waals surface area contributed by atoms with E-state index in [4.69, 9.17) is 5.73 Å². The van der Waals surface area contributed by atoms with Crippen LogP contribution in [0.25, 0.3) is 0 Å². The molecule has 1 rings (SSSR count). The second-order valence-electron chi connectivity index (χ2n) is 2.80. The number of aromatic nitrogens is 2. The summed E-state index contributed by atoms with van der Waals surface area (Å²) < 4.78 is 0. The molecule has 0 fully saturated rings. The fraction of sp³-hybridized carbons (Fsp3) is 0.500. The smallest absolute Gasteiger partial charge is 0.130 e. The molecular formula is C8H13N3. The van der Waals surface area contributed by atoms with E-state index >= 15 is 0 Å². The molecule has 2 N–H and O–H groups in total. The van der Waals surface area contributed by atoms with E-state index in [-0.39, 0.29) is 6.04 Å². The lowest BCUT2D eigenvalue weighted by molar-refractivity contribution is 0.699. The molecule has 1 heterocycles. The van der Waals surface area contributed by atoms with E-state index in [1.807, 2.05) is 19.9 Å². The minimum atomic E-state index is 0.136. The van der Waals surface area contributed by atoms with Gasteiger partial charge in [0.25, 0.3) is 0 Å². The van der Waals surface area contributed by atoms with E-state index in [1.165, 1.54) is 0 Å². The van der Waals surface area contributed by atoms with Gasteiger partial charge in [-0.05, 0) is 19.9 Å². The molecule has 0 aromatic carbocycles. The summed E-state index contributed by atoms with van der Waals surface area (Å²) in [5, 5.41) is 0. The summed E-state index contributed by atoms with van der Waals surface area (Å²) in [6, 6.07) is 2.02. The maximum atomic E-state index is 5.59. The highest BCUT2D eigenvalue weighted by Gasteiger charge is 1.99. The molecule has 0 saturated heterocycles. The molecule has 3 nitrogen and oxygen atoms in total. The topological polar surface area (TPSA) is 51.8 Å². The van der Waals surface area contributed by atoms with Gasteiger partial charge in [-0.3, -0.25) is 0 Å². The molecule has 60 valence electrons. The Hall–Kier alpha value is -0.960. The molecule has 1 aromatic heterocycles. The highest BCUT2D eigenvalue weighted by molar-refractivity contribution is 5.00. The number of aryl methyl sites for hydroxylation is 1. The Morgan fingerprint density at radius 1 is 1.64 bits per heavy atom. The summed E-state index contributed by atoms with van der Waals surface area (Å²) in [7, 11) is 0. The third kappa shape index (κ3) is 2.63. The van der Waals surface area contributed by atoms with Crippen molar-refractivity contribution in [1.29, 1.82) is 0 Å². The van der Waals surface area contributed by atoms with Gasteiger partial charge in [0.05, 0.1) is 0 Å². The van der Waals surface area contributed by atoms with Crippen LogP contribution >= 0.6 is 0 Å². The van der Waals surface area contributed by atoms with Crippen LogP contribution in [0, 0.1) is 6.92 Å². The van der Waals surface area contributed by atoms with Crippen LogP contribution in [0.1, 0.15) is 18.4 Å². The van der Waals surface area contributed by atoms with Crippen LogP contribution in [0.3, 0.4) is 0 Å². The molecule has 0 aliphatic carbocycles. The minimum absolute atomic E-state index is 0.136. The second-order valence-corrected chi connectivity index (χ2v) is 2.80. The third-order valence-electron chi connectivity index (χ3n) is 1.35. The fourth-order valence-electron chi connectivity index (χ4n) is 0.887. The Kier molecular flexibility index (Phi) is 2.54. The van der Waals surface area contributed by atoms with Gasteiger partial charge in [0.1, 0.15) is 5.82 Å². The van der Waals surface area contributed by atoms with Crippen molar-refractivity contribution in [2.75, 3.05) is 0 Å². The van der Waals surface area contributed by atoms with Gasteiger partial charge in [0.15, 0.2) is 0 Å². The largest absolute Gasteiger partial charge is 0.328 e. The van der Waals surface area contributed by atoms with Gasteiger partial charge in [-0.2, -0.15) is 0 Å². The average molecular weight is 151 g/mol. The number of hydrogen-bond donors (Lipinski definition) is 1. The van der Waals surface area contributed by atoms with Gasteiger partial charge in [-0.1, -0.05) is 0 Å². The predicted octanol–water partition coefficient (Wildman–Crippen LogP) is 0.675. The molecule has 1 aromatic rings. The molecule has 0 aliphatic heterocycles. The number of nitrogens with zero attached hydrogens (tertiary/aromatic N) is 2. The highest BCUT2D eigenvalue weighted by atomic mass is 14.9. The van der Waals surface area contributed by atoms with Crippen molar-refractivity contribution in [1.82, 2.24) is 9.97 Å². The average Bonchev–Trinajstić information content (AvgIpc) is 1.85. The summed E-state index contributed by atoms with van der Waals surface area (Å²) in [6.45, 7) is 3.90. The normalized spacial score (nSPS) is 13.0. The van der Waals surface area contributed by atoms with Crippen LogP contribution in [-0.4, -0.2) is 16.0 Å². The first-order valence-electron chi connectivity index (χ1n) is 3.72. The first-order valence-corrected chi connectivity index (χ1v) is 3.72. The van der Waals surface area contributed by atoms with Crippen molar-refractivity contribution in [3.8, 4) is 0 Å². The molecule has 0 aliphatic rings. The van der Waals surface area contributed by atoms with E-state index in [2.05, 4.69) is 9.97 Å². The molecular weight excluding hydrogens is 138 g/mol. The van der Waals surface area contributed by atoms with Crippen molar-refractivity contribution >= 4 is 0 Å². The van der Waals surface area contributed by atoms with Crippen molar-refractivity contribution in [3.63, 3.8) is 0 Å². The monoisotopic (exact) mass is 151 g/mol. The van der Waals surface area contributed by atoms with Gasteiger partial charge < -0.3 is 5.73 Å². The molecule has 11 heavy (non-hydrogen) atoms. The summed E-state index contributed by atoms with van der Waals surface area (Å²) in [4.78, 5) is 8.31. The minimum Gasteiger partial charge on any atom is -0.328 e. The molecule has 0 spiro atoms. The van der Waals surface area contributed by atoms with Crippen LogP contribution in [-0.2, 0) is 6.42 Å². The molecule has 0 bridgehead atoms. The maximum Gasteiger partial charge on any atom is 0.130 e. The van der Waals surface area contributed by atoms with Crippen molar-refractivity contribution in [2.45, 2.75) is 26.3 Å². The van der Waals surface area contributed by atoms with Gasteiger partial charge in [0.2, 0.25) is 0 Å². The Morgan fingerprint density at radius 2 is 2.36 bits per heavy atom. The second kappa shape index (κ2) is 3.44. The lowest BCUT2D eigenvalue weighted by atomic mass is 10.2. The van der Waals surface area contributed by atoms with E-state index in [1.54, 1.807) is 6.20 Å². The van der Waals surface area contributed by atoms with Gasteiger partial charge >= 0.3 is 0 Å². The van der Waals surface area contributed by atoms with E-state index in [9.17, 15) is 0 Å². The molecule has 0 radical (unpaired) electrons. The lowest BCUT2D eigenvalue weighted by Gasteiger charge is -2.02. The number of rotatable bonds is 2. The van der Waals surface area contributed by atoms with E-state index in [0.717, 1.165) is 17.9 Å². The Labute approximate surface area is 66.7 Å². The third-order valence-corrected chi connectivity index (χ3v) is 1.35. The summed E-state index contributed by atoms with van der Waals surface area (Å²) >= 11 is 0. The quantitative estimate of drug-likeness (QED) is 0.676. The van der Waals surface area contributed by atoms with E-state index < -0.39 is 0 Å². The molecule has 1 atom stereocenters. The fourth-order valence-corrected chi connectivity index (χ4v) is 0.887. The van der Waals surface area contributed by atoms with Crippen LogP contribution in [0.15, 0.2) is 12.3 Å². The van der Waals surface area contributed by atoms with Crippen LogP contribution in [0.5, 0.6) is 0 Å². The predicted molar refractivity (Wildman–Crippen MR) is 44.1 cm³/mol. The van der Waals surface area contributed by atoms with Crippen molar-refractivity contribution in [2.24, 2.45) is 5.73 Å². The SMILES string of the molecule is Cc1ccnc(CC(C)N)n1. The van der Waals surface area contributed by atoms with Crippen LogP contribution in [0.2, 0.25) is 0 Å².